The van der Waals surface area contributed by atoms with Gasteiger partial charge in [-0.05, 0) is 44.4 Å². The van der Waals surface area contributed by atoms with Crippen molar-refractivity contribution in [1.82, 2.24) is 10.2 Å². The molecule has 2 aliphatic carbocycles. The molecule has 3 N–H and O–H groups in total. The lowest BCUT2D eigenvalue weighted by Crippen LogP contribution is -2.50. The summed E-state index contributed by atoms with van der Waals surface area (Å²) >= 11 is 0. The first kappa shape index (κ1) is 14.8. The monoisotopic (exact) mass is 293 g/mol. The number of carbonyl (C=O) groups excluding carboxylic acids is 2. The van der Waals surface area contributed by atoms with Crippen LogP contribution in [-0.4, -0.2) is 41.9 Å². The number of carbonyl (C=O) groups is 2. The standard InChI is InChI=1S/C16H27N3O2/c17-13(11-7-8-11)10-18-15(20)14-6-3-9-19(14)16(21)12-4-1-2-5-12/h11-14H,1-10,17H2,(H,18,20). The molecule has 0 bridgehead atoms. The lowest BCUT2D eigenvalue weighted by atomic mass is 10.1. The molecule has 2 amide bonds. The molecular formula is C16H27N3O2. The lowest BCUT2D eigenvalue weighted by Gasteiger charge is -2.27. The number of rotatable bonds is 5. The van der Waals surface area contributed by atoms with Crippen molar-refractivity contribution in [3.05, 3.63) is 0 Å². The Labute approximate surface area is 126 Å². The molecule has 0 aromatic rings. The van der Waals surface area contributed by atoms with Crippen molar-refractivity contribution >= 4 is 11.8 Å². The van der Waals surface area contributed by atoms with Crippen LogP contribution in [0.4, 0.5) is 0 Å². The molecule has 0 radical (unpaired) electrons. The highest BCUT2D eigenvalue weighted by atomic mass is 16.2. The maximum Gasteiger partial charge on any atom is 0.242 e. The molecule has 5 nitrogen and oxygen atoms in total. The minimum Gasteiger partial charge on any atom is -0.353 e. The third kappa shape index (κ3) is 3.39. The average molecular weight is 293 g/mol. The molecule has 1 aliphatic heterocycles. The Hall–Kier alpha value is -1.10. The predicted molar refractivity (Wildman–Crippen MR) is 80.4 cm³/mol. The van der Waals surface area contributed by atoms with E-state index >= 15 is 0 Å². The van der Waals surface area contributed by atoms with Gasteiger partial charge in [0.1, 0.15) is 6.04 Å². The minimum atomic E-state index is -0.260. The van der Waals surface area contributed by atoms with Crippen LogP contribution in [0, 0.1) is 11.8 Å². The van der Waals surface area contributed by atoms with Gasteiger partial charge in [0, 0.05) is 25.0 Å². The Morgan fingerprint density at radius 2 is 1.81 bits per heavy atom. The van der Waals surface area contributed by atoms with E-state index in [4.69, 9.17) is 5.73 Å². The van der Waals surface area contributed by atoms with Crippen LogP contribution in [0.5, 0.6) is 0 Å². The number of nitrogens with one attached hydrogen (secondary N) is 1. The van der Waals surface area contributed by atoms with Crippen molar-refractivity contribution in [3.63, 3.8) is 0 Å². The van der Waals surface area contributed by atoms with Gasteiger partial charge >= 0.3 is 0 Å². The summed E-state index contributed by atoms with van der Waals surface area (Å²) < 4.78 is 0. The lowest BCUT2D eigenvalue weighted by molar-refractivity contribution is -0.141. The van der Waals surface area contributed by atoms with E-state index in [0.717, 1.165) is 45.1 Å². The van der Waals surface area contributed by atoms with Crippen molar-refractivity contribution in [2.75, 3.05) is 13.1 Å². The average Bonchev–Trinajstić information content (AvgIpc) is 3.02. The largest absolute Gasteiger partial charge is 0.353 e. The summed E-state index contributed by atoms with van der Waals surface area (Å²) in [5.74, 6) is 0.948. The number of hydrogen-bond donors (Lipinski definition) is 2. The summed E-state index contributed by atoms with van der Waals surface area (Å²) in [6, 6.07) is -0.182. The molecule has 3 fully saturated rings. The SMILES string of the molecule is NC(CNC(=O)C1CCCN1C(=O)C1CCCC1)C1CC1. The fraction of sp³-hybridized carbons (Fsp3) is 0.875. The van der Waals surface area contributed by atoms with Crippen molar-refractivity contribution < 1.29 is 9.59 Å². The first-order chi connectivity index (χ1) is 10.2. The van der Waals surface area contributed by atoms with Crippen LogP contribution in [0.3, 0.4) is 0 Å². The van der Waals surface area contributed by atoms with Crippen molar-refractivity contribution in [2.24, 2.45) is 17.6 Å². The summed E-state index contributed by atoms with van der Waals surface area (Å²) in [6.07, 6.45) is 8.40. The number of hydrogen-bond acceptors (Lipinski definition) is 3. The van der Waals surface area contributed by atoms with Gasteiger partial charge in [0.05, 0.1) is 0 Å². The Bertz CT molecular complexity index is 402. The summed E-state index contributed by atoms with van der Waals surface area (Å²) in [7, 11) is 0. The van der Waals surface area contributed by atoms with Crippen molar-refractivity contribution in [3.8, 4) is 0 Å². The van der Waals surface area contributed by atoms with Gasteiger partial charge < -0.3 is 16.0 Å². The molecule has 2 unspecified atom stereocenters. The highest BCUT2D eigenvalue weighted by Crippen LogP contribution is 2.31. The van der Waals surface area contributed by atoms with Gasteiger partial charge in [-0.15, -0.1) is 0 Å². The van der Waals surface area contributed by atoms with E-state index in [2.05, 4.69) is 5.32 Å². The molecule has 118 valence electrons. The molecular weight excluding hydrogens is 266 g/mol. The second kappa shape index (κ2) is 6.34. The van der Waals surface area contributed by atoms with Crippen LogP contribution >= 0.6 is 0 Å². The molecule has 2 saturated carbocycles. The molecule has 1 heterocycles. The quantitative estimate of drug-likeness (QED) is 0.794. The zero-order valence-corrected chi connectivity index (χ0v) is 12.7. The number of likely N-dealkylation sites (tertiary alicyclic amines) is 1. The van der Waals surface area contributed by atoms with Gasteiger partial charge in [-0.3, -0.25) is 9.59 Å². The van der Waals surface area contributed by atoms with Gasteiger partial charge in [0.2, 0.25) is 11.8 Å². The van der Waals surface area contributed by atoms with Gasteiger partial charge in [0.15, 0.2) is 0 Å². The van der Waals surface area contributed by atoms with Crippen LogP contribution in [-0.2, 0) is 9.59 Å². The fourth-order valence-electron chi connectivity index (χ4n) is 3.74. The molecule has 2 atom stereocenters. The molecule has 21 heavy (non-hydrogen) atoms. The van der Waals surface area contributed by atoms with Crippen LogP contribution in [0.1, 0.15) is 51.4 Å². The Morgan fingerprint density at radius 3 is 2.48 bits per heavy atom. The highest BCUT2D eigenvalue weighted by molar-refractivity contribution is 5.89. The van der Waals surface area contributed by atoms with Gasteiger partial charge in [-0.2, -0.15) is 0 Å². The van der Waals surface area contributed by atoms with Crippen LogP contribution < -0.4 is 11.1 Å². The maximum atomic E-state index is 12.5. The fourth-order valence-corrected chi connectivity index (χ4v) is 3.74. The topological polar surface area (TPSA) is 75.4 Å². The van der Waals surface area contributed by atoms with E-state index in [1.54, 1.807) is 0 Å². The normalized spacial score (nSPS) is 27.9. The summed E-state index contributed by atoms with van der Waals surface area (Å²) in [5, 5.41) is 2.96. The molecule has 0 aromatic carbocycles. The van der Waals surface area contributed by atoms with Crippen molar-refractivity contribution in [2.45, 2.75) is 63.5 Å². The van der Waals surface area contributed by atoms with E-state index in [0.29, 0.717) is 12.5 Å². The number of amides is 2. The summed E-state index contributed by atoms with van der Waals surface area (Å²) in [4.78, 5) is 26.7. The number of nitrogens with two attached hydrogens (primary N) is 1. The van der Waals surface area contributed by atoms with Gasteiger partial charge in [-0.25, -0.2) is 0 Å². The summed E-state index contributed by atoms with van der Waals surface area (Å²) in [5.41, 5.74) is 6.02. The predicted octanol–water partition coefficient (Wildman–Crippen LogP) is 1.02. The van der Waals surface area contributed by atoms with E-state index in [1.807, 2.05) is 4.90 Å². The first-order valence-corrected chi connectivity index (χ1v) is 8.50. The Kier molecular flexibility index (Phi) is 4.48. The molecule has 0 aromatic heterocycles. The van der Waals surface area contributed by atoms with Crippen LogP contribution in [0.25, 0.3) is 0 Å². The van der Waals surface area contributed by atoms with E-state index in [1.165, 1.54) is 12.8 Å². The molecule has 3 aliphatic rings. The smallest absolute Gasteiger partial charge is 0.242 e. The van der Waals surface area contributed by atoms with Crippen LogP contribution in [0.2, 0.25) is 0 Å². The third-order valence-corrected chi connectivity index (χ3v) is 5.28. The second-order valence-electron chi connectivity index (χ2n) is 6.92. The molecule has 1 saturated heterocycles. The summed E-state index contributed by atoms with van der Waals surface area (Å²) in [6.45, 7) is 1.29. The molecule has 0 spiro atoms. The van der Waals surface area contributed by atoms with Crippen LogP contribution in [0.15, 0.2) is 0 Å². The Morgan fingerprint density at radius 1 is 1.10 bits per heavy atom. The highest BCUT2D eigenvalue weighted by Gasteiger charge is 2.38. The van der Waals surface area contributed by atoms with Gasteiger partial charge in [-0.1, -0.05) is 12.8 Å². The van der Waals surface area contributed by atoms with Gasteiger partial charge in [0.25, 0.3) is 0 Å². The van der Waals surface area contributed by atoms with Crippen molar-refractivity contribution in [1.29, 1.82) is 0 Å². The Balaban J connectivity index is 1.52. The second-order valence-corrected chi connectivity index (χ2v) is 6.92. The molecule has 5 heteroatoms. The molecule has 3 rings (SSSR count). The maximum absolute atomic E-state index is 12.5. The minimum absolute atomic E-state index is 0.00468. The zero-order valence-electron chi connectivity index (χ0n) is 12.7. The number of nitrogens with zero attached hydrogens (tertiary/aromatic N) is 1. The van der Waals surface area contributed by atoms with E-state index in [-0.39, 0.29) is 29.8 Å². The third-order valence-electron chi connectivity index (χ3n) is 5.28. The van der Waals surface area contributed by atoms with E-state index in [9.17, 15) is 9.59 Å². The zero-order chi connectivity index (χ0) is 14.8. The van der Waals surface area contributed by atoms with E-state index < -0.39 is 0 Å². The first-order valence-electron chi connectivity index (χ1n) is 8.50.